The van der Waals surface area contributed by atoms with E-state index in [4.69, 9.17) is 0 Å². The highest BCUT2D eigenvalue weighted by Gasteiger charge is 2.17. The summed E-state index contributed by atoms with van der Waals surface area (Å²) in [5.41, 5.74) is 21.2. The molecule has 0 radical (unpaired) electrons. The highest BCUT2D eigenvalue weighted by atomic mass is 32.1. The minimum atomic E-state index is 1.09. The van der Waals surface area contributed by atoms with Crippen LogP contribution in [0.1, 0.15) is 0 Å². The maximum atomic E-state index is 2.38. The molecule has 0 spiro atoms. The van der Waals surface area contributed by atoms with Gasteiger partial charge < -0.3 is 9.47 Å². The van der Waals surface area contributed by atoms with E-state index in [-0.39, 0.29) is 0 Å². The van der Waals surface area contributed by atoms with E-state index < -0.39 is 0 Å². The predicted octanol–water partition coefficient (Wildman–Crippen LogP) is 20.6. The Hall–Kier alpha value is -9.54. The number of benzene rings is 12. The number of nitrogens with zero attached hydrogens (tertiary/aromatic N) is 2. The summed E-state index contributed by atoms with van der Waals surface area (Å²) >= 11 is 1.88. The fourth-order valence-electron chi connectivity index (χ4n) is 11.0. The Balaban J connectivity index is 0.780. The zero-order valence-electron chi connectivity index (χ0n) is 41.0. The van der Waals surface area contributed by atoms with E-state index in [1.54, 1.807) is 0 Å². The van der Waals surface area contributed by atoms with Gasteiger partial charge in [0, 0.05) is 53.7 Å². The lowest BCUT2D eigenvalue weighted by atomic mass is 9.97. The molecule has 0 N–H and O–H groups in total. The average molecular weight is 973 g/mol. The highest BCUT2D eigenvalue weighted by Crippen LogP contribution is 2.43. The molecular formula is C72H48N2S. The predicted molar refractivity (Wildman–Crippen MR) is 321 cm³/mol. The molecule has 0 fully saturated rings. The molecule has 0 aliphatic heterocycles. The zero-order valence-corrected chi connectivity index (χ0v) is 41.8. The van der Waals surface area contributed by atoms with Crippen LogP contribution >= 0.6 is 11.3 Å². The number of hydrogen-bond donors (Lipinski definition) is 0. The summed E-state index contributed by atoms with van der Waals surface area (Å²) in [4.78, 5) is 2.36. The van der Waals surface area contributed by atoms with E-state index >= 15 is 0 Å². The zero-order chi connectivity index (χ0) is 49.7. The molecule has 0 saturated heterocycles. The van der Waals surface area contributed by atoms with Gasteiger partial charge in [0.25, 0.3) is 0 Å². The second kappa shape index (κ2) is 18.8. The Kier molecular flexibility index (Phi) is 11.1. The standard InChI is InChI=1S/C72H48N2S/c1-3-13-49(14-4-1)50-25-27-51(28-26-50)53-33-40-61(41-34-53)73(63-44-37-56(38-45-63)57-15-11-16-59(47-57)64-21-12-22-68-67-20-8-10-24-71(67)75-72(64)68)62-42-35-54(36-43-62)52-29-31-55(32-30-52)58-39-46-66-65-19-7-9-23-69(65)74(70(66)48-58)60-17-5-2-6-18-60/h1-48H. The summed E-state index contributed by atoms with van der Waals surface area (Å²) < 4.78 is 5.04. The van der Waals surface area contributed by atoms with Gasteiger partial charge in [-0.1, -0.05) is 218 Å². The van der Waals surface area contributed by atoms with Crippen molar-refractivity contribution in [2.75, 3.05) is 4.90 Å². The molecule has 14 aromatic rings. The number of aromatic nitrogens is 1. The van der Waals surface area contributed by atoms with Gasteiger partial charge in [-0.2, -0.15) is 0 Å². The molecule has 0 amide bonds. The van der Waals surface area contributed by atoms with Crippen LogP contribution in [0.2, 0.25) is 0 Å². The Morgan fingerprint density at radius 2 is 0.653 bits per heavy atom. The van der Waals surface area contributed by atoms with Crippen molar-refractivity contribution in [2.45, 2.75) is 0 Å². The van der Waals surface area contributed by atoms with Gasteiger partial charge in [-0.15, -0.1) is 11.3 Å². The molecule has 2 nitrogen and oxygen atoms in total. The average Bonchev–Trinajstić information content (AvgIpc) is 4.06. The SMILES string of the molecule is c1ccc(-c2ccc(-c3ccc(N(c4ccc(-c5ccc(-c6ccc7c8ccccc8n(-c8ccccc8)c7c6)cc5)cc4)c4ccc(-c5cccc(-c6cccc7c6sc6ccccc67)c5)cc4)cc3)cc2)cc1. The number of thiophene rings is 1. The van der Waals surface area contributed by atoms with E-state index in [1.807, 2.05) is 11.3 Å². The fraction of sp³-hybridized carbons (Fsp3) is 0. The lowest BCUT2D eigenvalue weighted by Crippen LogP contribution is -2.09. The Bertz CT molecular complexity index is 4340. The van der Waals surface area contributed by atoms with Crippen LogP contribution in [0.15, 0.2) is 291 Å². The van der Waals surface area contributed by atoms with Crippen molar-refractivity contribution < 1.29 is 0 Å². The maximum absolute atomic E-state index is 2.38. The van der Waals surface area contributed by atoms with Crippen LogP contribution in [0.4, 0.5) is 17.1 Å². The highest BCUT2D eigenvalue weighted by molar-refractivity contribution is 7.26. The quantitative estimate of drug-likeness (QED) is 0.133. The van der Waals surface area contributed by atoms with Crippen molar-refractivity contribution in [3.63, 3.8) is 0 Å². The third kappa shape index (κ3) is 8.17. The molecule has 0 saturated carbocycles. The van der Waals surface area contributed by atoms with Crippen LogP contribution in [0.25, 0.3) is 114 Å². The summed E-state index contributed by atoms with van der Waals surface area (Å²) in [5.74, 6) is 0. The van der Waals surface area contributed by atoms with Gasteiger partial charge in [-0.05, 0) is 140 Å². The van der Waals surface area contributed by atoms with Crippen molar-refractivity contribution in [1.29, 1.82) is 0 Å². The summed E-state index contributed by atoms with van der Waals surface area (Å²) in [6, 6.07) is 106. The second-order valence-corrected chi connectivity index (χ2v) is 20.3. The van der Waals surface area contributed by atoms with Crippen LogP contribution in [-0.4, -0.2) is 4.57 Å². The van der Waals surface area contributed by atoms with Gasteiger partial charge >= 0.3 is 0 Å². The van der Waals surface area contributed by atoms with Crippen molar-refractivity contribution in [3.8, 4) is 72.4 Å². The molecular weight excluding hydrogens is 925 g/mol. The number of rotatable bonds is 10. The minimum absolute atomic E-state index is 1.09. The molecule has 0 unspecified atom stereocenters. The topological polar surface area (TPSA) is 8.17 Å². The molecule has 2 heterocycles. The van der Waals surface area contributed by atoms with Gasteiger partial charge in [0.2, 0.25) is 0 Å². The first kappa shape index (κ1) is 44.2. The number of anilines is 3. The molecule has 75 heavy (non-hydrogen) atoms. The van der Waals surface area contributed by atoms with Crippen LogP contribution in [0, 0.1) is 0 Å². The number of para-hydroxylation sites is 2. The van der Waals surface area contributed by atoms with Crippen molar-refractivity contribution >= 4 is 70.4 Å². The van der Waals surface area contributed by atoms with Crippen LogP contribution < -0.4 is 4.90 Å². The lowest BCUT2D eigenvalue weighted by Gasteiger charge is -2.26. The van der Waals surface area contributed by atoms with E-state index in [2.05, 4.69) is 301 Å². The first-order valence-electron chi connectivity index (χ1n) is 25.6. The molecule has 3 heteroatoms. The molecule has 0 bridgehead atoms. The van der Waals surface area contributed by atoms with Gasteiger partial charge in [-0.3, -0.25) is 0 Å². The first-order valence-corrected chi connectivity index (χ1v) is 26.5. The third-order valence-electron chi connectivity index (χ3n) is 14.9. The van der Waals surface area contributed by atoms with Gasteiger partial charge in [0.05, 0.1) is 11.0 Å². The summed E-state index contributed by atoms with van der Waals surface area (Å²) in [6.45, 7) is 0. The normalized spacial score (nSPS) is 11.5. The number of fused-ring (bicyclic) bond motifs is 6. The Morgan fingerprint density at radius 3 is 1.25 bits per heavy atom. The van der Waals surface area contributed by atoms with Crippen LogP contribution in [0.5, 0.6) is 0 Å². The van der Waals surface area contributed by atoms with E-state index in [1.165, 1.54) is 109 Å². The van der Waals surface area contributed by atoms with Gasteiger partial charge in [0.15, 0.2) is 0 Å². The van der Waals surface area contributed by atoms with Gasteiger partial charge in [-0.25, -0.2) is 0 Å². The summed E-state index contributed by atoms with van der Waals surface area (Å²) in [5, 5.41) is 5.16. The Labute approximate surface area is 440 Å². The smallest absolute Gasteiger partial charge is 0.0547 e. The summed E-state index contributed by atoms with van der Waals surface area (Å²) in [6.07, 6.45) is 0. The Morgan fingerprint density at radius 1 is 0.253 bits per heavy atom. The first-order chi connectivity index (χ1) is 37.2. The van der Waals surface area contributed by atoms with Crippen molar-refractivity contribution in [1.82, 2.24) is 4.57 Å². The largest absolute Gasteiger partial charge is 0.311 e. The lowest BCUT2D eigenvalue weighted by molar-refractivity contribution is 1.18. The monoisotopic (exact) mass is 972 g/mol. The van der Waals surface area contributed by atoms with E-state index in [0.717, 1.165) is 22.7 Å². The van der Waals surface area contributed by atoms with Crippen LogP contribution in [0.3, 0.4) is 0 Å². The number of hydrogen-bond acceptors (Lipinski definition) is 2. The maximum Gasteiger partial charge on any atom is 0.0547 e. The molecule has 0 aliphatic rings. The van der Waals surface area contributed by atoms with E-state index in [9.17, 15) is 0 Å². The second-order valence-electron chi connectivity index (χ2n) is 19.3. The molecule has 14 rings (SSSR count). The molecule has 12 aromatic carbocycles. The minimum Gasteiger partial charge on any atom is -0.311 e. The van der Waals surface area contributed by atoms with E-state index in [0.29, 0.717) is 0 Å². The van der Waals surface area contributed by atoms with Crippen molar-refractivity contribution in [3.05, 3.63) is 291 Å². The molecule has 2 aromatic heterocycles. The third-order valence-corrected chi connectivity index (χ3v) is 16.1. The molecule has 352 valence electrons. The van der Waals surface area contributed by atoms with Crippen LogP contribution in [-0.2, 0) is 0 Å². The fourth-order valence-corrected chi connectivity index (χ4v) is 12.3. The molecule has 0 atom stereocenters. The van der Waals surface area contributed by atoms with Gasteiger partial charge in [0.1, 0.15) is 0 Å². The molecule has 0 aliphatic carbocycles. The summed E-state index contributed by atoms with van der Waals surface area (Å²) in [7, 11) is 0. The van der Waals surface area contributed by atoms with Crippen molar-refractivity contribution in [2.24, 2.45) is 0 Å².